The zero-order chi connectivity index (χ0) is 12.5. The smallest absolute Gasteiger partial charge is 0.179 e. The SMILES string of the molecule is S=c1[nH]c2cc(Cl)cnc2n1CCC1CCCC1. The molecular weight excluding hydrogens is 266 g/mol. The number of halogens is 1. The van der Waals surface area contributed by atoms with E-state index in [1.165, 1.54) is 32.1 Å². The molecule has 1 N–H and O–H groups in total. The van der Waals surface area contributed by atoms with E-state index < -0.39 is 0 Å². The van der Waals surface area contributed by atoms with Crippen LogP contribution in [0.2, 0.25) is 5.02 Å². The van der Waals surface area contributed by atoms with E-state index in [0.29, 0.717) is 5.02 Å². The number of nitrogens with zero attached hydrogens (tertiary/aromatic N) is 2. The molecule has 0 amide bonds. The topological polar surface area (TPSA) is 33.6 Å². The van der Waals surface area contributed by atoms with Crippen molar-refractivity contribution in [1.82, 2.24) is 14.5 Å². The van der Waals surface area contributed by atoms with Crippen LogP contribution in [0.15, 0.2) is 12.3 Å². The van der Waals surface area contributed by atoms with E-state index >= 15 is 0 Å². The van der Waals surface area contributed by atoms with E-state index in [9.17, 15) is 0 Å². The van der Waals surface area contributed by atoms with Gasteiger partial charge in [-0.3, -0.25) is 0 Å². The summed E-state index contributed by atoms with van der Waals surface area (Å²) in [5, 5.41) is 0.640. The molecule has 3 nitrogen and oxygen atoms in total. The average molecular weight is 282 g/mol. The highest BCUT2D eigenvalue weighted by Crippen LogP contribution is 2.28. The highest BCUT2D eigenvalue weighted by atomic mass is 35.5. The van der Waals surface area contributed by atoms with Gasteiger partial charge in [-0.15, -0.1) is 0 Å². The number of H-pyrrole nitrogens is 1. The maximum absolute atomic E-state index is 5.94. The van der Waals surface area contributed by atoms with Gasteiger partial charge < -0.3 is 9.55 Å². The van der Waals surface area contributed by atoms with Crippen molar-refractivity contribution < 1.29 is 0 Å². The van der Waals surface area contributed by atoms with Crippen LogP contribution in [-0.4, -0.2) is 14.5 Å². The van der Waals surface area contributed by atoms with Gasteiger partial charge in [0, 0.05) is 12.7 Å². The first-order chi connectivity index (χ1) is 8.74. The van der Waals surface area contributed by atoms with Gasteiger partial charge in [-0.05, 0) is 30.6 Å². The molecular formula is C13H16ClN3S. The van der Waals surface area contributed by atoms with Gasteiger partial charge in [0.2, 0.25) is 0 Å². The first-order valence-electron chi connectivity index (χ1n) is 6.48. The lowest BCUT2D eigenvalue weighted by atomic mass is 10.0. The molecule has 0 spiro atoms. The van der Waals surface area contributed by atoms with E-state index in [0.717, 1.165) is 28.4 Å². The van der Waals surface area contributed by atoms with Crippen molar-refractivity contribution in [3.63, 3.8) is 0 Å². The number of fused-ring (bicyclic) bond motifs is 1. The van der Waals surface area contributed by atoms with Crippen LogP contribution in [0, 0.1) is 10.7 Å². The molecule has 0 bridgehead atoms. The van der Waals surface area contributed by atoms with Gasteiger partial charge in [-0.25, -0.2) is 4.98 Å². The molecule has 5 heteroatoms. The monoisotopic (exact) mass is 281 g/mol. The Kier molecular flexibility index (Phi) is 3.39. The lowest BCUT2D eigenvalue weighted by Gasteiger charge is -2.09. The molecule has 2 heterocycles. The molecule has 18 heavy (non-hydrogen) atoms. The van der Waals surface area contributed by atoms with Crippen molar-refractivity contribution in [2.24, 2.45) is 5.92 Å². The Morgan fingerprint density at radius 3 is 3.00 bits per heavy atom. The molecule has 0 unspecified atom stereocenters. The van der Waals surface area contributed by atoms with Crippen LogP contribution in [0.25, 0.3) is 11.2 Å². The van der Waals surface area contributed by atoms with E-state index in [2.05, 4.69) is 14.5 Å². The van der Waals surface area contributed by atoms with Crippen LogP contribution in [0.1, 0.15) is 32.1 Å². The third-order valence-electron chi connectivity index (χ3n) is 3.81. The molecule has 1 fully saturated rings. The number of hydrogen-bond acceptors (Lipinski definition) is 2. The molecule has 3 rings (SSSR count). The predicted octanol–water partition coefficient (Wildman–Crippen LogP) is 4.33. The number of pyridine rings is 1. The molecule has 0 radical (unpaired) electrons. The van der Waals surface area contributed by atoms with Gasteiger partial charge >= 0.3 is 0 Å². The van der Waals surface area contributed by atoms with E-state index in [1.54, 1.807) is 6.20 Å². The zero-order valence-electron chi connectivity index (χ0n) is 10.2. The third kappa shape index (κ3) is 2.31. The summed E-state index contributed by atoms with van der Waals surface area (Å²) >= 11 is 11.3. The third-order valence-corrected chi connectivity index (χ3v) is 4.34. The molecule has 1 aliphatic rings. The van der Waals surface area contributed by atoms with Crippen molar-refractivity contribution in [2.45, 2.75) is 38.6 Å². The first-order valence-corrected chi connectivity index (χ1v) is 7.27. The lowest BCUT2D eigenvalue weighted by molar-refractivity contribution is 0.460. The number of aryl methyl sites for hydroxylation is 1. The van der Waals surface area contributed by atoms with Crippen LogP contribution in [0.5, 0.6) is 0 Å². The normalized spacial score (nSPS) is 16.7. The Morgan fingerprint density at radius 1 is 1.44 bits per heavy atom. The Labute approximate surface area is 116 Å². The molecule has 0 atom stereocenters. The second-order valence-electron chi connectivity index (χ2n) is 5.05. The maximum Gasteiger partial charge on any atom is 0.179 e. The minimum Gasteiger partial charge on any atom is -0.329 e. The lowest BCUT2D eigenvalue weighted by Crippen LogP contribution is -2.04. The summed E-state index contributed by atoms with van der Waals surface area (Å²) in [7, 11) is 0. The fourth-order valence-corrected chi connectivity index (χ4v) is 3.28. The van der Waals surface area contributed by atoms with Crippen LogP contribution >= 0.6 is 23.8 Å². The first kappa shape index (κ1) is 12.2. The van der Waals surface area contributed by atoms with Crippen molar-refractivity contribution in [3.05, 3.63) is 22.1 Å². The molecule has 96 valence electrons. The molecule has 2 aromatic heterocycles. The number of rotatable bonds is 3. The summed E-state index contributed by atoms with van der Waals surface area (Å²) in [6, 6.07) is 1.88. The van der Waals surface area contributed by atoms with Gasteiger partial charge in [-0.2, -0.15) is 0 Å². The van der Waals surface area contributed by atoms with Gasteiger partial charge in [0.15, 0.2) is 10.4 Å². The van der Waals surface area contributed by atoms with Crippen LogP contribution in [0.4, 0.5) is 0 Å². The minimum absolute atomic E-state index is 0.640. The highest BCUT2D eigenvalue weighted by Gasteiger charge is 2.15. The number of nitrogens with one attached hydrogen (secondary N) is 1. The Bertz CT molecular complexity index is 610. The summed E-state index contributed by atoms with van der Waals surface area (Å²) in [6.07, 6.45) is 8.39. The molecule has 2 aromatic rings. The number of aromatic amines is 1. The summed E-state index contributed by atoms with van der Waals surface area (Å²) in [5.41, 5.74) is 1.85. The molecule has 1 aliphatic carbocycles. The van der Waals surface area contributed by atoms with Gasteiger partial charge in [0.1, 0.15) is 0 Å². The second kappa shape index (κ2) is 5.02. The fourth-order valence-electron chi connectivity index (χ4n) is 2.84. The van der Waals surface area contributed by atoms with E-state index in [-0.39, 0.29) is 0 Å². The minimum atomic E-state index is 0.640. The van der Waals surface area contributed by atoms with Crippen molar-refractivity contribution in [2.75, 3.05) is 0 Å². The van der Waals surface area contributed by atoms with Crippen molar-refractivity contribution >= 4 is 35.0 Å². The number of hydrogen-bond donors (Lipinski definition) is 1. The quantitative estimate of drug-likeness (QED) is 0.850. The van der Waals surface area contributed by atoms with E-state index in [1.807, 2.05) is 6.07 Å². The molecule has 0 aliphatic heterocycles. The maximum atomic E-state index is 5.94. The zero-order valence-corrected chi connectivity index (χ0v) is 11.7. The van der Waals surface area contributed by atoms with E-state index in [4.69, 9.17) is 23.8 Å². The largest absolute Gasteiger partial charge is 0.329 e. The van der Waals surface area contributed by atoms with Gasteiger partial charge in [0.25, 0.3) is 0 Å². The number of aromatic nitrogens is 3. The average Bonchev–Trinajstić information content (AvgIpc) is 2.93. The fraction of sp³-hybridized carbons (Fsp3) is 0.538. The Hall–Kier alpha value is -0.870. The van der Waals surface area contributed by atoms with Crippen molar-refractivity contribution in [1.29, 1.82) is 0 Å². The summed E-state index contributed by atoms with van der Waals surface area (Å²) in [5.74, 6) is 0.865. The summed E-state index contributed by atoms with van der Waals surface area (Å²) < 4.78 is 2.84. The second-order valence-corrected chi connectivity index (χ2v) is 5.87. The standard InChI is InChI=1S/C13H16ClN3S/c14-10-7-11-12(15-8-10)17(13(18)16-11)6-5-9-3-1-2-4-9/h7-9H,1-6H2,(H,16,18). The van der Waals surface area contributed by atoms with Crippen LogP contribution in [0.3, 0.4) is 0 Å². The summed E-state index contributed by atoms with van der Waals surface area (Å²) in [4.78, 5) is 7.55. The molecule has 0 aromatic carbocycles. The molecule has 1 saturated carbocycles. The highest BCUT2D eigenvalue weighted by molar-refractivity contribution is 7.71. The number of imidazole rings is 1. The Balaban J connectivity index is 1.86. The summed E-state index contributed by atoms with van der Waals surface area (Å²) in [6.45, 7) is 0.956. The van der Waals surface area contributed by atoms with Crippen LogP contribution < -0.4 is 0 Å². The Morgan fingerprint density at radius 2 is 2.22 bits per heavy atom. The van der Waals surface area contributed by atoms with Crippen LogP contribution in [-0.2, 0) is 6.54 Å². The van der Waals surface area contributed by atoms with Gasteiger partial charge in [0.05, 0.1) is 10.5 Å². The van der Waals surface area contributed by atoms with Crippen molar-refractivity contribution in [3.8, 4) is 0 Å². The molecule has 0 saturated heterocycles. The predicted molar refractivity (Wildman–Crippen MR) is 76.5 cm³/mol. The van der Waals surface area contributed by atoms with Gasteiger partial charge in [-0.1, -0.05) is 37.3 Å².